The molecule has 0 heterocycles. The van der Waals surface area contributed by atoms with Gasteiger partial charge >= 0.3 is 5.97 Å². The molecule has 0 fully saturated rings. The fourth-order valence-corrected chi connectivity index (χ4v) is 2.49. The highest BCUT2D eigenvalue weighted by atomic mass is 16.5. The fraction of sp³-hybridized carbons (Fsp3) is 0.0952. The number of esters is 1. The smallest absolute Gasteiger partial charge is 0.338 e. The van der Waals surface area contributed by atoms with Crippen LogP contribution in [0.25, 0.3) is 0 Å². The molecule has 0 aliphatic carbocycles. The molecule has 0 aromatic heterocycles. The van der Waals surface area contributed by atoms with E-state index in [1.807, 2.05) is 72.8 Å². The molecule has 114 valence electrons. The minimum Gasteiger partial charge on any atom is -0.457 e. The summed E-state index contributed by atoms with van der Waals surface area (Å²) in [5.74, 6) is -0.277. The Labute approximate surface area is 136 Å². The van der Waals surface area contributed by atoms with Crippen LogP contribution in [0.5, 0.6) is 0 Å². The number of hydrogen-bond donors (Lipinski definition) is 0. The van der Waals surface area contributed by atoms with E-state index in [1.54, 1.807) is 0 Å². The third-order valence-electron chi connectivity index (χ3n) is 3.69. The molecular formula is C21H18O2. The third-order valence-corrected chi connectivity index (χ3v) is 3.69. The van der Waals surface area contributed by atoms with Crippen LogP contribution in [-0.4, -0.2) is 5.97 Å². The molecule has 0 spiro atoms. The first-order chi connectivity index (χ1) is 11.3. The van der Waals surface area contributed by atoms with E-state index in [-0.39, 0.29) is 5.97 Å². The van der Waals surface area contributed by atoms with Crippen LogP contribution in [0.2, 0.25) is 0 Å². The van der Waals surface area contributed by atoms with Crippen LogP contribution in [0.3, 0.4) is 0 Å². The van der Waals surface area contributed by atoms with Crippen LogP contribution in [-0.2, 0) is 17.8 Å². The van der Waals surface area contributed by atoms with Crippen molar-refractivity contribution < 1.29 is 9.53 Å². The highest BCUT2D eigenvalue weighted by Crippen LogP contribution is 2.16. The average molecular weight is 302 g/mol. The molecule has 2 nitrogen and oxygen atoms in total. The molecule has 0 saturated carbocycles. The molecule has 3 aromatic carbocycles. The fourth-order valence-electron chi connectivity index (χ4n) is 2.49. The van der Waals surface area contributed by atoms with E-state index < -0.39 is 0 Å². The standard InChI is InChI=1S/C21H18O2/c22-21(23-16-18-11-5-2-6-12-18)20-14-8-7-13-19(20)15-17-9-3-1-4-10-17/h1-14H,15-16H2. The predicted molar refractivity (Wildman–Crippen MR) is 91.3 cm³/mol. The van der Waals surface area contributed by atoms with Gasteiger partial charge in [-0.1, -0.05) is 78.9 Å². The van der Waals surface area contributed by atoms with Crippen molar-refractivity contribution in [2.24, 2.45) is 0 Å². The van der Waals surface area contributed by atoms with Gasteiger partial charge in [-0.3, -0.25) is 0 Å². The molecule has 3 rings (SSSR count). The summed E-state index contributed by atoms with van der Waals surface area (Å²) in [6.07, 6.45) is 0.720. The van der Waals surface area contributed by atoms with Crippen LogP contribution in [0, 0.1) is 0 Å². The zero-order valence-corrected chi connectivity index (χ0v) is 12.8. The molecular weight excluding hydrogens is 284 g/mol. The molecule has 0 radical (unpaired) electrons. The van der Waals surface area contributed by atoms with Gasteiger partial charge in [-0.15, -0.1) is 0 Å². The summed E-state index contributed by atoms with van der Waals surface area (Å²) in [5.41, 5.74) is 3.78. The van der Waals surface area contributed by atoms with E-state index in [9.17, 15) is 4.79 Å². The minimum atomic E-state index is -0.277. The van der Waals surface area contributed by atoms with E-state index in [2.05, 4.69) is 12.1 Å². The SMILES string of the molecule is O=C(OCc1ccccc1)c1ccccc1Cc1ccccc1. The van der Waals surface area contributed by atoms with Gasteiger partial charge in [-0.05, 0) is 29.2 Å². The molecule has 0 amide bonds. The second kappa shape index (κ2) is 7.41. The van der Waals surface area contributed by atoms with Crippen molar-refractivity contribution in [3.63, 3.8) is 0 Å². The van der Waals surface area contributed by atoms with Gasteiger partial charge in [0, 0.05) is 0 Å². The van der Waals surface area contributed by atoms with E-state index in [4.69, 9.17) is 4.74 Å². The maximum Gasteiger partial charge on any atom is 0.338 e. The van der Waals surface area contributed by atoms with Crippen molar-refractivity contribution in [2.75, 3.05) is 0 Å². The highest BCUT2D eigenvalue weighted by molar-refractivity contribution is 5.91. The Kier molecular flexibility index (Phi) is 4.85. The van der Waals surface area contributed by atoms with Crippen molar-refractivity contribution >= 4 is 5.97 Å². The summed E-state index contributed by atoms with van der Waals surface area (Å²) in [6, 6.07) is 27.5. The van der Waals surface area contributed by atoms with Crippen LogP contribution >= 0.6 is 0 Å². The third kappa shape index (κ3) is 4.07. The Morgan fingerprint density at radius 2 is 1.26 bits per heavy atom. The molecule has 0 aliphatic rings. The zero-order valence-electron chi connectivity index (χ0n) is 12.8. The van der Waals surface area contributed by atoms with Crippen LogP contribution in [0.15, 0.2) is 84.9 Å². The number of carbonyl (C=O) groups excluding carboxylic acids is 1. The van der Waals surface area contributed by atoms with E-state index in [0.29, 0.717) is 12.2 Å². The van der Waals surface area contributed by atoms with E-state index >= 15 is 0 Å². The Balaban J connectivity index is 1.73. The molecule has 3 aromatic rings. The molecule has 0 atom stereocenters. The number of hydrogen-bond acceptors (Lipinski definition) is 2. The topological polar surface area (TPSA) is 26.3 Å². The van der Waals surface area contributed by atoms with Gasteiger partial charge in [0.1, 0.15) is 6.61 Å². The molecule has 2 heteroatoms. The van der Waals surface area contributed by atoms with Gasteiger partial charge in [-0.25, -0.2) is 4.79 Å². The van der Waals surface area contributed by atoms with Crippen molar-refractivity contribution in [3.05, 3.63) is 107 Å². The summed E-state index contributed by atoms with van der Waals surface area (Å²) in [6.45, 7) is 0.291. The summed E-state index contributed by atoms with van der Waals surface area (Å²) in [5, 5.41) is 0. The van der Waals surface area contributed by atoms with Gasteiger partial charge in [0.15, 0.2) is 0 Å². The van der Waals surface area contributed by atoms with E-state index in [1.165, 1.54) is 5.56 Å². The second-order valence-electron chi connectivity index (χ2n) is 5.38. The Morgan fingerprint density at radius 1 is 0.696 bits per heavy atom. The predicted octanol–water partition coefficient (Wildman–Crippen LogP) is 4.63. The zero-order chi connectivity index (χ0) is 15.9. The first-order valence-electron chi connectivity index (χ1n) is 7.66. The maximum absolute atomic E-state index is 12.4. The monoisotopic (exact) mass is 302 g/mol. The van der Waals surface area contributed by atoms with Gasteiger partial charge in [0.25, 0.3) is 0 Å². The number of ether oxygens (including phenoxy) is 1. The quantitative estimate of drug-likeness (QED) is 0.642. The second-order valence-corrected chi connectivity index (χ2v) is 5.38. The van der Waals surface area contributed by atoms with Crippen molar-refractivity contribution in [3.8, 4) is 0 Å². The number of benzene rings is 3. The van der Waals surface area contributed by atoms with Crippen molar-refractivity contribution in [1.82, 2.24) is 0 Å². The lowest BCUT2D eigenvalue weighted by atomic mass is 10.00. The molecule has 23 heavy (non-hydrogen) atoms. The maximum atomic E-state index is 12.4. The Bertz CT molecular complexity index is 764. The molecule has 0 saturated heterocycles. The summed E-state index contributed by atoms with van der Waals surface area (Å²) >= 11 is 0. The Hall–Kier alpha value is -2.87. The lowest BCUT2D eigenvalue weighted by Gasteiger charge is -2.10. The summed E-state index contributed by atoms with van der Waals surface area (Å²) in [4.78, 5) is 12.4. The van der Waals surface area contributed by atoms with Crippen LogP contribution < -0.4 is 0 Å². The first-order valence-corrected chi connectivity index (χ1v) is 7.66. The number of carbonyl (C=O) groups is 1. The van der Waals surface area contributed by atoms with E-state index in [0.717, 1.165) is 17.5 Å². The van der Waals surface area contributed by atoms with Crippen molar-refractivity contribution in [2.45, 2.75) is 13.0 Å². The highest BCUT2D eigenvalue weighted by Gasteiger charge is 2.12. The lowest BCUT2D eigenvalue weighted by Crippen LogP contribution is -2.08. The van der Waals surface area contributed by atoms with Crippen molar-refractivity contribution in [1.29, 1.82) is 0 Å². The molecule has 0 aliphatic heterocycles. The van der Waals surface area contributed by atoms with Gasteiger partial charge in [0.2, 0.25) is 0 Å². The van der Waals surface area contributed by atoms with Gasteiger partial charge < -0.3 is 4.74 Å². The molecule has 0 bridgehead atoms. The average Bonchev–Trinajstić information content (AvgIpc) is 2.62. The molecule has 0 N–H and O–H groups in total. The summed E-state index contributed by atoms with van der Waals surface area (Å²) < 4.78 is 5.45. The van der Waals surface area contributed by atoms with Gasteiger partial charge in [-0.2, -0.15) is 0 Å². The Morgan fingerprint density at radius 3 is 1.96 bits per heavy atom. The van der Waals surface area contributed by atoms with Gasteiger partial charge in [0.05, 0.1) is 5.56 Å². The van der Waals surface area contributed by atoms with Crippen LogP contribution in [0.1, 0.15) is 27.0 Å². The molecule has 0 unspecified atom stereocenters. The van der Waals surface area contributed by atoms with Crippen LogP contribution in [0.4, 0.5) is 0 Å². The number of rotatable bonds is 5. The first kappa shape index (κ1) is 15.0. The largest absolute Gasteiger partial charge is 0.457 e. The summed E-state index contributed by atoms with van der Waals surface area (Å²) in [7, 11) is 0. The minimum absolute atomic E-state index is 0.277. The normalized spacial score (nSPS) is 10.3. The lowest BCUT2D eigenvalue weighted by molar-refractivity contribution is 0.0471.